The maximum Gasteiger partial charge on any atom is 0.278 e. The molecule has 2 aromatic heterocycles. The molecule has 0 saturated carbocycles. The Labute approximate surface area is 178 Å². The van der Waals surface area contributed by atoms with Crippen LogP contribution in [-0.4, -0.2) is 52.9 Å². The van der Waals surface area contributed by atoms with Gasteiger partial charge in [-0.1, -0.05) is 18.3 Å². The number of nitrogens with one attached hydrogen (secondary N) is 1. The summed E-state index contributed by atoms with van der Waals surface area (Å²) in [7, 11) is -1.53. The Bertz CT molecular complexity index is 1170. The van der Waals surface area contributed by atoms with Crippen LogP contribution in [-0.2, 0) is 16.3 Å². The minimum atomic E-state index is -3.11. The molecule has 1 saturated heterocycles. The molecule has 1 fully saturated rings. The summed E-state index contributed by atoms with van der Waals surface area (Å²) < 4.78 is 30.9. The first-order valence-corrected chi connectivity index (χ1v) is 12.1. The zero-order chi connectivity index (χ0) is 21.3. The van der Waals surface area contributed by atoms with Crippen LogP contribution < -0.4 is 10.1 Å². The van der Waals surface area contributed by atoms with E-state index in [4.69, 9.17) is 4.74 Å². The zero-order valence-corrected chi connectivity index (χ0v) is 18.2. The molecule has 1 amide bonds. The number of ether oxygens (including phenoxy) is 1. The number of carbonyl (C=O) groups is 1. The Kier molecular flexibility index (Phi) is 5.56. The average Bonchev–Trinajstić information content (AvgIpc) is 3.46. The van der Waals surface area contributed by atoms with Crippen molar-refractivity contribution < 1.29 is 17.9 Å². The van der Waals surface area contributed by atoms with E-state index in [-0.39, 0.29) is 23.2 Å². The number of amides is 1. The molecule has 11 heteroatoms. The van der Waals surface area contributed by atoms with Crippen molar-refractivity contribution in [3.8, 4) is 17.0 Å². The molecule has 1 aliphatic heterocycles. The normalized spacial score (nSPS) is 17.7. The zero-order valence-electron chi connectivity index (χ0n) is 16.5. The van der Waals surface area contributed by atoms with Crippen molar-refractivity contribution in [1.29, 1.82) is 0 Å². The van der Waals surface area contributed by atoms with E-state index in [0.29, 0.717) is 23.0 Å². The van der Waals surface area contributed by atoms with Gasteiger partial charge in [0.1, 0.15) is 10.8 Å². The monoisotopic (exact) mass is 447 g/mol. The number of rotatable bonds is 6. The number of anilines is 1. The van der Waals surface area contributed by atoms with Crippen LogP contribution in [0, 0.1) is 0 Å². The molecule has 9 nitrogen and oxygen atoms in total. The van der Waals surface area contributed by atoms with Gasteiger partial charge in [0.25, 0.3) is 5.91 Å². The van der Waals surface area contributed by atoms with E-state index in [9.17, 15) is 13.2 Å². The summed E-state index contributed by atoms with van der Waals surface area (Å²) in [5, 5.41) is 16.4. The van der Waals surface area contributed by atoms with E-state index in [0.717, 1.165) is 17.0 Å². The van der Waals surface area contributed by atoms with Gasteiger partial charge in [-0.05, 0) is 43.2 Å². The number of carbonyl (C=O) groups excluding carboxylic acids is 1. The maximum absolute atomic E-state index is 12.8. The summed E-state index contributed by atoms with van der Waals surface area (Å²) in [4.78, 5) is 12.8. The Hall–Kier alpha value is -2.79. The lowest BCUT2D eigenvalue weighted by atomic mass is 10.1. The molecule has 0 aliphatic carbocycles. The largest absolute Gasteiger partial charge is 0.497 e. The Morgan fingerprint density at radius 3 is 2.67 bits per heavy atom. The molecule has 3 heterocycles. The number of sulfone groups is 1. The first kappa shape index (κ1) is 20.5. The molecule has 3 aromatic rings. The Balaban J connectivity index is 1.68. The minimum Gasteiger partial charge on any atom is -0.497 e. The van der Waals surface area contributed by atoms with E-state index in [1.165, 1.54) is 11.3 Å². The van der Waals surface area contributed by atoms with Crippen LogP contribution in [0.25, 0.3) is 11.3 Å². The summed E-state index contributed by atoms with van der Waals surface area (Å²) in [6.45, 7) is 1.96. The van der Waals surface area contributed by atoms with Crippen LogP contribution in [0.5, 0.6) is 5.75 Å². The topological polar surface area (TPSA) is 116 Å². The lowest BCUT2D eigenvalue weighted by Gasteiger charge is -2.13. The summed E-state index contributed by atoms with van der Waals surface area (Å²) in [6, 6.07) is 8.69. The van der Waals surface area contributed by atoms with Crippen molar-refractivity contribution in [3.05, 3.63) is 41.0 Å². The van der Waals surface area contributed by atoms with E-state index in [1.807, 2.05) is 31.2 Å². The quantitative estimate of drug-likeness (QED) is 0.617. The summed E-state index contributed by atoms with van der Waals surface area (Å²) >= 11 is 1.31. The first-order valence-electron chi connectivity index (χ1n) is 9.46. The van der Waals surface area contributed by atoms with Crippen LogP contribution in [0.15, 0.2) is 30.3 Å². The number of hydrogen-bond donors (Lipinski definition) is 1. The molecule has 30 heavy (non-hydrogen) atoms. The van der Waals surface area contributed by atoms with Crippen LogP contribution in [0.4, 0.5) is 5.13 Å². The highest BCUT2D eigenvalue weighted by Gasteiger charge is 2.32. The third-order valence-electron chi connectivity index (χ3n) is 4.90. The van der Waals surface area contributed by atoms with Crippen molar-refractivity contribution in [2.75, 3.05) is 23.9 Å². The smallest absolute Gasteiger partial charge is 0.278 e. The predicted octanol–water partition coefficient (Wildman–Crippen LogP) is 2.58. The SMILES string of the molecule is CCc1nnc(NC(=O)c2cc(-c3ccc(OC)cc3)n(C3CCS(=O)(=O)C3)n2)s1. The van der Waals surface area contributed by atoms with E-state index < -0.39 is 15.7 Å². The number of benzene rings is 1. The first-order chi connectivity index (χ1) is 14.4. The summed E-state index contributed by atoms with van der Waals surface area (Å²) in [5.41, 5.74) is 1.69. The molecule has 4 rings (SSSR count). The molecule has 158 valence electrons. The third kappa shape index (κ3) is 4.21. The lowest BCUT2D eigenvalue weighted by Crippen LogP contribution is -2.16. The molecular weight excluding hydrogens is 426 g/mol. The molecule has 0 spiro atoms. The molecular formula is C19H21N5O4S2. The number of hydrogen-bond acceptors (Lipinski definition) is 8. The number of methoxy groups -OCH3 is 1. The van der Waals surface area contributed by atoms with Gasteiger partial charge in [-0.25, -0.2) is 8.42 Å². The Morgan fingerprint density at radius 1 is 1.30 bits per heavy atom. The van der Waals surface area contributed by atoms with Crippen LogP contribution in [0.1, 0.15) is 34.9 Å². The van der Waals surface area contributed by atoms with Crippen LogP contribution in [0.2, 0.25) is 0 Å². The second-order valence-corrected chi connectivity index (χ2v) is 10.2. The van der Waals surface area contributed by atoms with Gasteiger partial charge in [-0.15, -0.1) is 10.2 Å². The van der Waals surface area contributed by atoms with Crippen molar-refractivity contribution in [3.63, 3.8) is 0 Å². The highest BCUT2D eigenvalue weighted by atomic mass is 32.2. The fraction of sp³-hybridized carbons (Fsp3) is 0.368. The van der Waals surface area contributed by atoms with Gasteiger partial charge in [0.05, 0.1) is 30.4 Å². The highest BCUT2D eigenvalue weighted by Crippen LogP contribution is 2.31. The number of aromatic nitrogens is 4. The third-order valence-corrected chi connectivity index (χ3v) is 7.63. The molecule has 0 radical (unpaired) electrons. The molecule has 1 aliphatic rings. The molecule has 0 bridgehead atoms. The van der Waals surface area contributed by atoms with Crippen molar-refractivity contribution in [2.45, 2.75) is 25.8 Å². The highest BCUT2D eigenvalue weighted by molar-refractivity contribution is 7.91. The van der Waals surface area contributed by atoms with Gasteiger partial charge < -0.3 is 4.74 Å². The van der Waals surface area contributed by atoms with Gasteiger partial charge in [0.15, 0.2) is 15.5 Å². The number of aryl methyl sites for hydroxylation is 1. The van der Waals surface area contributed by atoms with Gasteiger partial charge in [0, 0.05) is 5.56 Å². The Morgan fingerprint density at radius 2 is 2.07 bits per heavy atom. The average molecular weight is 448 g/mol. The van der Waals surface area contributed by atoms with E-state index >= 15 is 0 Å². The second-order valence-electron chi connectivity index (χ2n) is 6.95. The second kappa shape index (κ2) is 8.15. The molecule has 1 atom stereocenters. The van der Waals surface area contributed by atoms with Crippen LogP contribution in [0.3, 0.4) is 0 Å². The fourth-order valence-corrected chi connectivity index (χ4v) is 5.70. The maximum atomic E-state index is 12.8. The van der Waals surface area contributed by atoms with Crippen LogP contribution >= 0.6 is 11.3 Å². The summed E-state index contributed by atoms with van der Waals surface area (Å²) in [6.07, 6.45) is 1.20. The summed E-state index contributed by atoms with van der Waals surface area (Å²) in [5.74, 6) is 0.415. The van der Waals surface area contributed by atoms with E-state index in [1.54, 1.807) is 17.9 Å². The van der Waals surface area contributed by atoms with Gasteiger partial charge in [0.2, 0.25) is 5.13 Å². The van der Waals surface area contributed by atoms with Crippen molar-refractivity contribution >= 4 is 32.2 Å². The van der Waals surface area contributed by atoms with Gasteiger partial charge in [-0.3, -0.25) is 14.8 Å². The predicted molar refractivity (Wildman–Crippen MR) is 114 cm³/mol. The number of nitrogens with zero attached hydrogens (tertiary/aromatic N) is 4. The minimum absolute atomic E-state index is 0.00908. The lowest BCUT2D eigenvalue weighted by molar-refractivity contribution is 0.102. The van der Waals surface area contributed by atoms with Gasteiger partial charge >= 0.3 is 0 Å². The van der Waals surface area contributed by atoms with Crippen molar-refractivity contribution in [1.82, 2.24) is 20.0 Å². The standard InChI is InChI=1S/C19H21N5O4S2/c1-3-17-21-22-19(29-17)20-18(25)15-10-16(12-4-6-14(28-2)7-5-12)24(23-15)13-8-9-30(26,27)11-13/h4-7,10,13H,3,8-9,11H2,1-2H3,(H,20,22,25). The molecule has 1 N–H and O–H groups in total. The van der Waals surface area contributed by atoms with Gasteiger partial charge in [-0.2, -0.15) is 5.10 Å². The fourth-order valence-electron chi connectivity index (χ4n) is 3.34. The molecule has 1 unspecified atom stereocenters. The molecule has 1 aromatic carbocycles. The van der Waals surface area contributed by atoms with E-state index in [2.05, 4.69) is 20.6 Å². The van der Waals surface area contributed by atoms with Crippen molar-refractivity contribution in [2.24, 2.45) is 0 Å².